The van der Waals surface area contributed by atoms with E-state index in [4.69, 9.17) is 47.8 Å². The van der Waals surface area contributed by atoms with Gasteiger partial charge in [-0.25, -0.2) is 0 Å². The molecule has 15 nitrogen and oxygen atoms in total. The molecule has 1 aromatic heterocycles. The van der Waals surface area contributed by atoms with Crippen LogP contribution in [0.15, 0.2) is 30.5 Å². The standard InChI is InChI=1S/C11H12N2O2.C5H9NO2.C4H9NO3.C3H7NO3/c12-9(11(14)15)5-7-6-13-10-4-2-1-3-8(7)10;7-5(8)4-2-1-3-6-4;1-2(6)3(5)4(7)8;4-2(1-5)3(6)7/h1-4,6,9,13H,5,12H2,(H,14,15);4,6H,1-3H2,(H,7,8);2-3,6H,5H2,1H3,(H,7,8);2,5H,1,4H2,(H,6,7)/t9-;4-;2-,3+;2-/m0010/s1. The predicted molar refractivity (Wildman–Crippen MR) is 136 cm³/mol. The lowest BCUT2D eigenvalue weighted by molar-refractivity contribution is -0.141. The number of aromatic nitrogens is 1. The maximum absolute atomic E-state index is 10.6. The Morgan fingerprint density at radius 3 is 1.89 bits per heavy atom. The highest BCUT2D eigenvalue weighted by atomic mass is 16.4. The van der Waals surface area contributed by atoms with Crippen LogP contribution >= 0.6 is 0 Å². The van der Waals surface area contributed by atoms with Crippen molar-refractivity contribution in [3.8, 4) is 0 Å². The molecule has 1 aliphatic heterocycles. The number of carboxylic acid groups (broad SMARTS) is 4. The summed E-state index contributed by atoms with van der Waals surface area (Å²) in [7, 11) is 0. The molecule has 2 heterocycles. The molecule has 1 aromatic carbocycles. The van der Waals surface area contributed by atoms with Crippen molar-refractivity contribution >= 4 is 34.8 Å². The summed E-state index contributed by atoms with van der Waals surface area (Å²) >= 11 is 0. The number of aliphatic carboxylic acids is 4. The Balaban J connectivity index is 0.000000514. The molecule has 0 amide bonds. The van der Waals surface area contributed by atoms with Crippen molar-refractivity contribution < 1.29 is 49.8 Å². The van der Waals surface area contributed by atoms with Crippen LogP contribution in [0.2, 0.25) is 0 Å². The van der Waals surface area contributed by atoms with E-state index in [1.54, 1.807) is 0 Å². The van der Waals surface area contributed by atoms with E-state index in [1.807, 2.05) is 30.5 Å². The lowest BCUT2D eigenvalue weighted by Crippen LogP contribution is -2.39. The van der Waals surface area contributed by atoms with Gasteiger partial charge in [0, 0.05) is 23.5 Å². The van der Waals surface area contributed by atoms with Gasteiger partial charge in [0.2, 0.25) is 0 Å². The summed E-state index contributed by atoms with van der Waals surface area (Å²) in [6, 6.07) is 4.36. The number of aromatic amines is 1. The largest absolute Gasteiger partial charge is 0.480 e. The van der Waals surface area contributed by atoms with E-state index in [-0.39, 0.29) is 6.04 Å². The number of carboxylic acids is 4. The summed E-state index contributed by atoms with van der Waals surface area (Å²) in [6.07, 6.45) is 2.96. The number of nitrogens with one attached hydrogen (secondary N) is 2. The SMILES string of the molecule is C[C@@H](O)[C@H](N)C(=O)O.N[C@@H](CO)C(=O)O.N[C@@H](Cc1c[nH]c2ccccc12)C(=O)O.O=C(O)[C@@H]1CCCN1. The van der Waals surface area contributed by atoms with E-state index in [9.17, 15) is 19.2 Å². The Morgan fingerprint density at radius 2 is 1.55 bits per heavy atom. The number of para-hydroxylation sites is 1. The summed E-state index contributed by atoms with van der Waals surface area (Å²) in [5, 5.41) is 53.4. The molecule has 15 heteroatoms. The van der Waals surface area contributed by atoms with Crippen molar-refractivity contribution in [2.75, 3.05) is 13.2 Å². The number of fused-ring (bicyclic) bond motifs is 1. The molecular formula is C23H37N5O10. The van der Waals surface area contributed by atoms with E-state index >= 15 is 0 Å². The minimum absolute atomic E-state index is 0.269. The van der Waals surface area contributed by atoms with Crippen LogP contribution in [0.5, 0.6) is 0 Å². The Hall–Kier alpha value is -3.60. The quantitative estimate of drug-likeness (QED) is 0.174. The molecule has 14 N–H and O–H groups in total. The zero-order valence-electron chi connectivity index (χ0n) is 20.9. The fourth-order valence-corrected chi connectivity index (χ4v) is 2.80. The zero-order valence-corrected chi connectivity index (χ0v) is 20.9. The van der Waals surface area contributed by atoms with Crippen molar-refractivity contribution in [2.24, 2.45) is 17.2 Å². The van der Waals surface area contributed by atoms with Gasteiger partial charge < -0.3 is 58.1 Å². The monoisotopic (exact) mass is 543 g/mol. The number of hydrogen-bond donors (Lipinski definition) is 11. The third kappa shape index (κ3) is 13.1. The number of carbonyl (C=O) groups is 4. The average molecular weight is 544 g/mol. The van der Waals surface area contributed by atoms with Crippen LogP contribution in [0.3, 0.4) is 0 Å². The number of aliphatic hydroxyl groups excluding tert-OH is 2. The topological polar surface area (TPSA) is 296 Å². The fourth-order valence-electron chi connectivity index (χ4n) is 2.80. The average Bonchev–Trinajstić information content (AvgIpc) is 3.55. The molecule has 0 bridgehead atoms. The van der Waals surface area contributed by atoms with Crippen LogP contribution in [0.4, 0.5) is 0 Å². The van der Waals surface area contributed by atoms with E-state index < -0.39 is 54.7 Å². The van der Waals surface area contributed by atoms with E-state index in [0.29, 0.717) is 6.42 Å². The number of nitrogens with two attached hydrogens (primary N) is 3. The molecule has 0 saturated carbocycles. The predicted octanol–water partition coefficient (Wildman–Crippen LogP) is -1.88. The van der Waals surface area contributed by atoms with Gasteiger partial charge in [0.1, 0.15) is 24.2 Å². The number of aliphatic hydroxyl groups is 2. The van der Waals surface area contributed by atoms with E-state index in [1.165, 1.54) is 6.92 Å². The highest BCUT2D eigenvalue weighted by Gasteiger charge is 2.20. The minimum Gasteiger partial charge on any atom is -0.480 e. The molecule has 38 heavy (non-hydrogen) atoms. The van der Waals surface area contributed by atoms with Crippen molar-refractivity contribution in [2.45, 2.75) is 56.5 Å². The third-order valence-corrected chi connectivity index (χ3v) is 5.11. The Morgan fingerprint density at radius 1 is 0.974 bits per heavy atom. The lowest BCUT2D eigenvalue weighted by atomic mass is 10.1. The second-order valence-corrected chi connectivity index (χ2v) is 8.23. The molecule has 0 radical (unpaired) electrons. The van der Waals surface area contributed by atoms with Crippen LogP contribution in [-0.4, -0.2) is 103 Å². The number of hydrogen-bond acceptors (Lipinski definition) is 10. The molecule has 5 atom stereocenters. The molecule has 1 fully saturated rings. The van der Waals surface area contributed by atoms with Gasteiger partial charge >= 0.3 is 23.9 Å². The normalized spacial score (nSPS) is 17.2. The van der Waals surface area contributed by atoms with Gasteiger partial charge in [0.15, 0.2) is 0 Å². The second kappa shape index (κ2) is 17.8. The molecule has 2 aromatic rings. The minimum atomic E-state index is -1.18. The number of benzene rings is 1. The fraction of sp³-hybridized carbons (Fsp3) is 0.478. The van der Waals surface area contributed by atoms with Gasteiger partial charge in [0.05, 0.1) is 12.7 Å². The lowest BCUT2D eigenvalue weighted by Gasteiger charge is -2.06. The first-order chi connectivity index (χ1) is 17.7. The first kappa shape index (κ1) is 34.4. The van der Waals surface area contributed by atoms with Crippen LogP contribution in [-0.2, 0) is 25.6 Å². The molecule has 0 spiro atoms. The molecule has 3 rings (SSSR count). The second-order valence-electron chi connectivity index (χ2n) is 8.23. The maximum Gasteiger partial charge on any atom is 0.323 e. The molecular weight excluding hydrogens is 506 g/mol. The smallest absolute Gasteiger partial charge is 0.323 e. The van der Waals surface area contributed by atoms with Gasteiger partial charge in [-0.2, -0.15) is 0 Å². The Labute approximate surface area is 218 Å². The summed E-state index contributed by atoms with van der Waals surface area (Å²) in [4.78, 5) is 43.4. The molecule has 214 valence electrons. The first-order valence-electron chi connectivity index (χ1n) is 11.5. The number of H-pyrrole nitrogens is 1. The highest BCUT2D eigenvalue weighted by molar-refractivity contribution is 5.84. The Kier molecular flexibility index (Phi) is 16.1. The number of rotatable bonds is 8. The van der Waals surface area contributed by atoms with Crippen LogP contribution in [0.1, 0.15) is 25.3 Å². The summed E-state index contributed by atoms with van der Waals surface area (Å²) < 4.78 is 0. The van der Waals surface area contributed by atoms with Crippen molar-refractivity contribution in [1.82, 2.24) is 10.3 Å². The van der Waals surface area contributed by atoms with E-state index in [2.05, 4.69) is 10.3 Å². The van der Waals surface area contributed by atoms with Gasteiger partial charge in [-0.3, -0.25) is 19.2 Å². The van der Waals surface area contributed by atoms with Gasteiger partial charge in [-0.1, -0.05) is 18.2 Å². The van der Waals surface area contributed by atoms with Crippen molar-refractivity contribution in [1.29, 1.82) is 0 Å². The molecule has 1 saturated heterocycles. The van der Waals surface area contributed by atoms with Gasteiger partial charge in [0.25, 0.3) is 0 Å². The first-order valence-corrected chi connectivity index (χ1v) is 11.5. The van der Waals surface area contributed by atoms with Gasteiger partial charge in [-0.15, -0.1) is 0 Å². The van der Waals surface area contributed by atoms with Crippen molar-refractivity contribution in [3.05, 3.63) is 36.0 Å². The van der Waals surface area contributed by atoms with Crippen LogP contribution in [0.25, 0.3) is 10.9 Å². The molecule has 0 unspecified atom stereocenters. The van der Waals surface area contributed by atoms with Crippen LogP contribution < -0.4 is 22.5 Å². The Bertz CT molecular complexity index is 1010. The molecule has 0 aliphatic carbocycles. The summed E-state index contributed by atoms with van der Waals surface area (Å²) in [5.41, 5.74) is 17.1. The highest BCUT2D eigenvalue weighted by Crippen LogP contribution is 2.18. The molecule has 1 aliphatic rings. The zero-order chi connectivity index (χ0) is 29.4. The maximum atomic E-state index is 10.6. The van der Waals surface area contributed by atoms with Gasteiger partial charge in [-0.05, 0) is 37.9 Å². The summed E-state index contributed by atoms with van der Waals surface area (Å²) in [5.74, 6) is -4.05. The third-order valence-electron chi connectivity index (χ3n) is 5.11. The van der Waals surface area contributed by atoms with E-state index in [0.717, 1.165) is 35.9 Å². The summed E-state index contributed by atoms with van der Waals surface area (Å²) in [6.45, 7) is 1.69. The van der Waals surface area contributed by atoms with Crippen molar-refractivity contribution in [3.63, 3.8) is 0 Å². The van der Waals surface area contributed by atoms with Crippen LogP contribution in [0, 0.1) is 0 Å².